The SMILES string of the molecule is COC(=O)C(O)C1(c2cccc(OC)n2)CC1. The topological polar surface area (TPSA) is 68.7 Å². The number of pyridine rings is 1. The summed E-state index contributed by atoms with van der Waals surface area (Å²) in [4.78, 5) is 15.7. The number of carbonyl (C=O) groups excluding carboxylic acids is 1. The van der Waals surface area contributed by atoms with Crippen molar-refractivity contribution in [3.63, 3.8) is 0 Å². The lowest BCUT2D eigenvalue weighted by Crippen LogP contribution is -2.35. The maximum atomic E-state index is 11.4. The van der Waals surface area contributed by atoms with Gasteiger partial charge in [0.25, 0.3) is 0 Å². The Balaban J connectivity index is 2.29. The third kappa shape index (κ3) is 1.98. The lowest BCUT2D eigenvalue weighted by atomic mass is 9.94. The molecule has 92 valence electrons. The molecule has 1 aromatic rings. The molecule has 0 spiro atoms. The lowest BCUT2D eigenvalue weighted by Gasteiger charge is -2.19. The van der Waals surface area contributed by atoms with Crippen LogP contribution in [0.15, 0.2) is 18.2 Å². The van der Waals surface area contributed by atoms with Crippen LogP contribution in [-0.2, 0) is 14.9 Å². The minimum absolute atomic E-state index is 0.478. The van der Waals surface area contributed by atoms with Gasteiger partial charge in [-0.05, 0) is 18.9 Å². The summed E-state index contributed by atoms with van der Waals surface area (Å²) >= 11 is 0. The van der Waals surface area contributed by atoms with Gasteiger partial charge in [0.1, 0.15) is 0 Å². The van der Waals surface area contributed by atoms with Crippen molar-refractivity contribution in [2.45, 2.75) is 24.4 Å². The van der Waals surface area contributed by atoms with Crippen LogP contribution < -0.4 is 4.74 Å². The summed E-state index contributed by atoms with van der Waals surface area (Å²) in [5, 5.41) is 9.97. The molecule has 1 heterocycles. The quantitative estimate of drug-likeness (QED) is 0.779. The molecule has 0 amide bonds. The lowest BCUT2D eigenvalue weighted by molar-refractivity contribution is -0.152. The molecule has 1 atom stereocenters. The fourth-order valence-electron chi connectivity index (χ4n) is 1.95. The second-order valence-corrected chi connectivity index (χ2v) is 4.15. The Morgan fingerprint density at radius 1 is 1.47 bits per heavy atom. The largest absolute Gasteiger partial charge is 0.481 e. The molecular weight excluding hydrogens is 222 g/mol. The van der Waals surface area contributed by atoms with Crippen LogP contribution in [0.3, 0.4) is 0 Å². The number of aliphatic hydroxyl groups is 1. The number of esters is 1. The second-order valence-electron chi connectivity index (χ2n) is 4.15. The number of nitrogens with zero attached hydrogens (tertiary/aromatic N) is 1. The molecule has 0 aliphatic heterocycles. The molecule has 1 fully saturated rings. The highest BCUT2D eigenvalue weighted by atomic mass is 16.5. The summed E-state index contributed by atoms with van der Waals surface area (Å²) in [6, 6.07) is 5.32. The minimum atomic E-state index is -1.16. The van der Waals surface area contributed by atoms with E-state index in [0.29, 0.717) is 11.6 Å². The average molecular weight is 237 g/mol. The summed E-state index contributed by atoms with van der Waals surface area (Å²) in [5.74, 6) is -0.141. The Labute approximate surface area is 99.4 Å². The van der Waals surface area contributed by atoms with Crippen molar-refractivity contribution < 1.29 is 19.4 Å². The van der Waals surface area contributed by atoms with Crippen molar-refractivity contribution in [3.05, 3.63) is 23.9 Å². The number of rotatable bonds is 4. The first-order valence-corrected chi connectivity index (χ1v) is 5.41. The predicted octanol–water partition coefficient (Wildman–Crippen LogP) is 0.656. The van der Waals surface area contributed by atoms with E-state index in [-0.39, 0.29) is 0 Å². The van der Waals surface area contributed by atoms with Gasteiger partial charge in [-0.2, -0.15) is 0 Å². The molecule has 1 saturated carbocycles. The van der Waals surface area contributed by atoms with Gasteiger partial charge in [0.05, 0.1) is 19.9 Å². The van der Waals surface area contributed by atoms with E-state index in [9.17, 15) is 9.90 Å². The van der Waals surface area contributed by atoms with Crippen LogP contribution >= 0.6 is 0 Å². The van der Waals surface area contributed by atoms with E-state index in [4.69, 9.17) is 4.74 Å². The number of ether oxygens (including phenoxy) is 2. The predicted molar refractivity (Wildman–Crippen MR) is 59.7 cm³/mol. The highest BCUT2D eigenvalue weighted by Gasteiger charge is 2.55. The van der Waals surface area contributed by atoms with Crippen molar-refractivity contribution in [1.82, 2.24) is 4.98 Å². The summed E-state index contributed by atoms with van der Waals surface area (Å²) in [6.45, 7) is 0. The Morgan fingerprint density at radius 3 is 2.71 bits per heavy atom. The number of methoxy groups -OCH3 is 2. The number of hydrogen-bond acceptors (Lipinski definition) is 5. The maximum absolute atomic E-state index is 11.4. The van der Waals surface area contributed by atoms with Gasteiger partial charge in [0.15, 0.2) is 6.10 Å². The number of aliphatic hydroxyl groups excluding tert-OH is 1. The number of aromatic nitrogens is 1. The second kappa shape index (κ2) is 4.33. The molecule has 1 N–H and O–H groups in total. The molecule has 0 aromatic carbocycles. The van der Waals surface area contributed by atoms with Crippen LogP contribution in [0.5, 0.6) is 5.88 Å². The first kappa shape index (κ1) is 11.9. The van der Waals surface area contributed by atoms with Gasteiger partial charge in [-0.1, -0.05) is 6.07 Å². The fraction of sp³-hybridized carbons (Fsp3) is 0.500. The van der Waals surface area contributed by atoms with Gasteiger partial charge in [-0.25, -0.2) is 9.78 Å². The molecule has 5 nitrogen and oxygen atoms in total. The highest BCUT2D eigenvalue weighted by Crippen LogP contribution is 2.50. The Kier molecular flexibility index (Phi) is 3.02. The van der Waals surface area contributed by atoms with Crippen LogP contribution in [0.25, 0.3) is 0 Å². The standard InChI is InChI=1S/C12H15NO4/c1-16-9-5-3-4-8(13-9)12(6-7-12)10(14)11(15)17-2/h3-5,10,14H,6-7H2,1-2H3. The third-order valence-electron chi connectivity index (χ3n) is 3.18. The first-order valence-electron chi connectivity index (χ1n) is 5.41. The van der Waals surface area contributed by atoms with Gasteiger partial charge in [0.2, 0.25) is 5.88 Å². The van der Waals surface area contributed by atoms with Crippen LogP contribution in [-0.4, -0.2) is 36.4 Å². The van der Waals surface area contributed by atoms with Crippen molar-refractivity contribution in [2.24, 2.45) is 0 Å². The minimum Gasteiger partial charge on any atom is -0.481 e. The van der Waals surface area contributed by atoms with Gasteiger partial charge >= 0.3 is 5.97 Å². The summed E-state index contributed by atoms with van der Waals surface area (Å²) in [7, 11) is 2.79. The van der Waals surface area contributed by atoms with Crippen molar-refractivity contribution in [3.8, 4) is 5.88 Å². The monoisotopic (exact) mass is 237 g/mol. The average Bonchev–Trinajstić information content (AvgIpc) is 3.18. The zero-order valence-electron chi connectivity index (χ0n) is 9.84. The van der Waals surface area contributed by atoms with E-state index in [1.54, 1.807) is 18.2 Å². The highest BCUT2D eigenvalue weighted by molar-refractivity contribution is 5.77. The van der Waals surface area contributed by atoms with E-state index in [1.807, 2.05) is 0 Å². The fourth-order valence-corrected chi connectivity index (χ4v) is 1.95. The zero-order chi connectivity index (χ0) is 12.5. The smallest absolute Gasteiger partial charge is 0.335 e. The van der Waals surface area contributed by atoms with Gasteiger partial charge in [0, 0.05) is 11.5 Å². The third-order valence-corrected chi connectivity index (χ3v) is 3.18. The molecule has 5 heteroatoms. The molecule has 1 aliphatic rings. The molecule has 17 heavy (non-hydrogen) atoms. The van der Waals surface area contributed by atoms with Crippen molar-refractivity contribution in [1.29, 1.82) is 0 Å². The zero-order valence-corrected chi connectivity index (χ0v) is 9.84. The maximum Gasteiger partial charge on any atom is 0.335 e. The van der Waals surface area contributed by atoms with Crippen LogP contribution in [0, 0.1) is 0 Å². The summed E-state index contributed by atoms with van der Waals surface area (Å²) in [5.41, 5.74) is 0.0801. The molecule has 2 rings (SSSR count). The van der Waals surface area contributed by atoms with Crippen LogP contribution in [0.1, 0.15) is 18.5 Å². The number of hydrogen-bond donors (Lipinski definition) is 1. The molecule has 0 bridgehead atoms. The van der Waals surface area contributed by atoms with E-state index in [1.165, 1.54) is 14.2 Å². The Hall–Kier alpha value is -1.62. The van der Waals surface area contributed by atoms with Crippen LogP contribution in [0.4, 0.5) is 0 Å². The van der Waals surface area contributed by atoms with E-state index >= 15 is 0 Å². The van der Waals surface area contributed by atoms with E-state index in [0.717, 1.165) is 12.8 Å². The van der Waals surface area contributed by atoms with Gasteiger partial charge < -0.3 is 14.6 Å². The van der Waals surface area contributed by atoms with Gasteiger partial charge in [-0.3, -0.25) is 0 Å². The van der Waals surface area contributed by atoms with Crippen molar-refractivity contribution >= 4 is 5.97 Å². The van der Waals surface area contributed by atoms with Crippen molar-refractivity contribution in [2.75, 3.05) is 14.2 Å². The molecule has 1 aliphatic carbocycles. The molecular formula is C12H15NO4. The Morgan fingerprint density at radius 2 is 2.18 bits per heavy atom. The molecule has 0 radical (unpaired) electrons. The van der Waals surface area contributed by atoms with E-state index < -0.39 is 17.5 Å². The van der Waals surface area contributed by atoms with Crippen LogP contribution in [0.2, 0.25) is 0 Å². The Bertz CT molecular complexity index is 428. The van der Waals surface area contributed by atoms with Gasteiger partial charge in [-0.15, -0.1) is 0 Å². The molecule has 0 saturated heterocycles. The molecule has 1 aromatic heterocycles. The first-order chi connectivity index (χ1) is 8.14. The van der Waals surface area contributed by atoms with E-state index in [2.05, 4.69) is 9.72 Å². The number of carbonyl (C=O) groups is 1. The normalized spacial score (nSPS) is 18.3. The summed E-state index contributed by atoms with van der Waals surface area (Å²) in [6.07, 6.45) is 0.291. The molecule has 1 unspecified atom stereocenters. The summed E-state index contributed by atoms with van der Waals surface area (Å²) < 4.78 is 9.60.